The fourth-order valence-electron chi connectivity index (χ4n) is 2.62. The number of carbonyl (C=O) groups is 1. The van der Waals surface area contributed by atoms with Gasteiger partial charge in [-0.15, -0.1) is 0 Å². The lowest BCUT2D eigenvalue weighted by atomic mass is 10.2. The Morgan fingerprint density at radius 2 is 2.10 bits per heavy atom. The molecule has 2 amide bonds. The van der Waals surface area contributed by atoms with Crippen LogP contribution in [0.25, 0.3) is 0 Å². The summed E-state index contributed by atoms with van der Waals surface area (Å²) < 4.78 is 40.7. The molecule has 1 N–H and O–H groups in total. The molecule has 2 fully saturated rings. The summed E-state index contributed by atoms with van der Waals surface area (Å²) in [5.41, 5.74) is 0. The molecule has 1 aromatic carbocycles. The third-order valence-corrected chi connectivity index (χ3v) is 6.10. The van der Waals surface area contributed by atoms with E-state index in [4.69, 9.17) is 0 Å². The van der Waals surface area contributed by atoms with Crippen molar-refractivity contribution in [3.63, 3.8) is 0 Å². The molecule has 0 aromatic heterocycles. The van der Waals surface area contributed by atoms with Gasteiger partial charge >= 0.3 is 6.03 Å². The molecule has 2 saturated heterocycles. The number of rotatable bonds is 2. The van der Waals surface area contributed by atoms with Gasteiger partial charge in [-0.2, -0.15) is 4.31 Å². The van der Waals surface area contributed by atoms with Gasteiger partial charge in [0.05, 0.1) is 6.04 Å². The third-order valence-electron chi connectivity index (χ3n) is 3.71. The van der Waals surface area contributed by atoms with Crippen LogP contribution in [-0.2, 0) is 10.0 Å². The largest absolute Gasteiger partial charge is 0.336 e. The monoisotopic (exact) mass is 377 g/mol. The predicted octanol–water partition coefficient (Wildman–Crippen LogP) is 0.986. The summed E-state index contributed by atoms with van der Waals surface area (Å²) in [6.45, 7) is 1.07. The summed E-state index contributed by atoms with van der Waals surface area (Å²) in [4.78, 5) is 12.8. The van der Waals surface area contributed by atoms with Gasteiger partial charge in [0.15, 0.2) is 0 Å². The van der Waals surface area contributed by atoms with E-state index >= 15 is 0 Å². The second-order valence-electron chi connectivity index (χ2n) is 4.97. The maximum atomic E-state index is 13.9. The van der Waals surface area contributed by atoms with Crippen LogP contribution in [0.5, 0.6) is 0 Å². The van der Waals surface area contributed by atoms with E-state index in [9.17, 15) is 17.6 Å². The van der Waals surface area contributed by atoms with Crippen molar-refractivity contribution in [1.29, 1.82) is 0 Å². The summed E-state index contributed by atoms with van der Waals surface area (Å²) in [6, 6.07) is 3.50. The lowest BCUT2D eigenvalue weighted by molar-refractivity contribution is 0.164. The molecule has 0 bridgehead atoms. The average Bonchev–Trinajstić information content (AvgIpc) is 2.79. The molecule has 0 spiro atoms. The van der Waals surface area contributed by atoms with Crippen LogP contribution in [0.1, 0.15) is 0 Å². The number of urea groups is 1. The number of sulfonamides is 1. The average molecular weight is 378 g/mol. The minimum absolute atomic E-state index is 0.168. The molecule has 1 aromatic rings. The summed E-state index contributed by atoms with van der Waals surface area (Å²) in [5.74, 6) is -0.785. The number of piperazine rings is 1. The second kappa shape index (κ2) is 5.22. The van der Waals surface area contributed by atoms with Crippen LogP contribution in [0, 0.1) is 5.82 Å². The van der Waals surface area contributed by atoms with Gasteiger partial charge in [-0.25, -0.2) is 17.6 Å². The van der Waals surface area contributed by atoms with E-state index in [2.05, 4.69) is 21.2 Å². The number of nitrogens with zero attached hydrogens (tertiary/aromatic N) is 2. The van der Waals surface area contributed by atoms with Crippen LogP contribution in [0.4, 0.5) is 9.18 Å². The zero-order valence-corrected chi connectivity index (χ0v) is 13.3. The first-order valence-electron chi connectivity index (χ1n) is 6.39. The van der Waals surface area contributed by atoms with Crippen molar-refractivity contribution >= 4 is 32.0 Å². The molecular formula is C12H13BrFN3O3S. The molecule has 3 rings (SSSR count). The van der Waals surface area contributed by atoms with Crippen LogP contribution in [0.2, 0.25) is 0 Å². The summed E-state index contributed by atoms with van der Waals surface area (Å²) in [5, 5.41) is 2.68. The Labute approximate surface area is 130 Å². The molecule has 1 atom stereocenters. The zero-order chi connectivity index (χ0) is 15.2. The van der Waals surface area contributed by atoms with Gasteiger partial charge < -0.3 is 10.2 Å². The van der Waals surface area contributed by atoms with Crippen LogP contribution < -0.4 is 5.32 Å². The SMILES string of the molecule is O=C1NCC2CN(S(=O)(=O)c3ccc(Br)cc3F)CCN12. The van der Waals surface area contributed by atoms with E-state index in [1.165, 1.54) is 16.4 Å². The van der Waals surface area contributed by atoms with Crippen molar-refractivity contribution in [1.82, 2.24) is 14.5 Å². The minimum Gasteiger partial charge on any atom is -0.336 e. The number of halogens is 2. The second-order valence-corrected chi connectivity index (χ2v) is 7.79. The minimum atomic E-state index is -3.89. The molecule has 9 heteroatoms. The van der Waals surface area contributed by atoms with Crippen LogP contribution >= 0.6 is 15.9 Å². The van der Waals surface area contributed by atoms with Crippen molar-refractivity contribution in [2.45, 2.75) is 10.9 Å². The first-order valence-corrected chi connectivity index (χ1v) is 8.62. The van der Waals surface area contributed by atoms with E-state index in [1.54, 1.807) is 4.90 Å². The Morgan fingerprint density at radius 3 is 2.81 bits per heavy atom. The van der Waals surface area contributed by atoms with Crippen molar-refractivity contribution in [2.75, 3.05) is 26.2 Å². The Hall–Kier alpha value is -1.19. The van der Waals surface area contributed by atoms with Crippen molar-refractivity contribution in [3.8, 4) is 0 Å². The lowest BCUT2D eigenvalue weighted by Crippen LogP contribution is -2.53. The quantitative estimate of drug-likeness (QED) is 0.835. The number of nitrogens with one attached hydrogen (secondary N) is 1. The van der Waals surface area contributed by atoms with E-state index in [0.29, 0.717) is 17.6 Å². The lowest BCUT2D eigenvalue weighted by Gasteiger charge is -2.35. The van der Waals surface area contributed by atoms with Gasteiger partial charge in [0, 0.05) is 30.7 Å². The van der Waals surface area contributed by atoms with Crippen LogP contribution in [-0.4, -0.2) is 55.9 Å². The van der Waals surface area contributed by atoms with Gasteiger partial charge in [0.2, 0.25) is 10.0 Å². The van der Waals surface area contributed by atoms with Gasteiger partial charge in [-0.3, -0.25) is 0 Å². The first-order chi connectivity index (χ1) is 9.89. The highest BCUT2D eigenvalue weighted by Crippen LogP contribution is 2.25. The standard InChI is InChI=1S/C12H13BrFN3O3S/c13-8-1-2-11(10(14)5-8)21(19,20)16-3-4-17-9(7-16)6-15-12(17)18/h1-2,5,9H,3-4,6-7H2,(H,15,18). The highest BCUT2D eigenvalue weighted by Gasteiger charge is 2.40. The summed E-state index contributed by atoms with van der Waals surface area (Å²) >= 11 is 3.10. The molecule has 0 radical (unpaired) electrons. The van der Waals surface area contributed by atoms with E-state index in [1.807, 2.05) is 0 Å². The highest BCUT2D eigenvalue weighted by molar-refractivity contribution is 9.10. The van der Waals surface area contributed by atoms with Gasteiger partial charge in [-0.05, 0) is 18.2 Å². The molecule has 21 heavy (non-hydrogen) atoms. The fourth-order valence-corrected chi connectivity index (χ4v) is 4.46. The molecule has 6 nitrogen and oxygen atoms in total. The molecule has 0 saturated carbocycles. The van der Waals surface area contributed by atoms with E-state index in [0.717, 1.165) is 6.07 Å². The maximum absolute atomic E-state index is 13.9. The van der Waals surface area contributed by atoms with Crippen LogP contribution in [0.15, 0.2) is 27.6 Å². The maximum Gasteiger partial charge on any atom is 0.317 e. The normalized spacial score (nSPS) is 23.0. The third kappa shape index (κ3) is 2.53. The summed E-state index contributed by atoms with van der Waals surface area (Å²) in [7, 11) is -3.89. The Kier molecular flexibility index (Phi) is 3.66. The first kappa shape index (κ1) is 14.7. The predicted molar refractivity (Wildman–Crippen MR) is 76.8 cm³/mol. The Morgan fingerprint density at radius 1 is 1.33 bits per heavy atom. The Bertz CT molecular complexity index is 697. The number of carbonyl (C=O) groups excluding carboxylic acids is 1. The molecule has 1 unspecified atom stereocenters. The molecule has 2 aliphatic heterocycles. The summed E-state index contributed by atoms with van der Waals surface area (Å²) in [6.07, 6.45) is 0. The molecular weight excluding hydrogens is 365 g/mol. The number of hydrogen-bond donors (Lipinski definition) is 1. The number of amides is 2. The molecule has 0 aliphatic carbocycles. The number of fused-ring (bicyclic) bond motifs is 1. The van der Waals surface area contributed by atoms with E-state index < -0.39 is 15.8 Å². The smallest absolute Gasteiger partial charge is 0.317 e. The van der Waals surface area contributed by atoms with E-state index in [-0.39, 0.29) is 30.1 Å². The molecule has 114 valence electrons. The topological polar surface area (TPSA) is 69.7 Å². The van der Waals surface area contributed by atoms with Gasteiger partial charge in [0.25, 0.3) is 0 Å². The highest BCUT2D eigenvalue weighted by atomic mass is 79.9. The van der Waals surface area contributed by atoms with Gasteiger partial charge in [0.1, 0.15) is 10.7 Å². The van der Waals surface area contributed by atoms with Crippen molar-refractivity contribution in [2.24, 2.45) is 0 Å². The molecule has 2 heterocycles. The van der Waals surface area contributed by atoms with Gasteiger partial charge in [-0.1, -0.05) is 15.9 Å². The Balaban J connectivity index is 1.87. The molecule has 2 aliphatic rings. The fraction of sp³-hybridized carbons (Fsp3) is 0.417. The van der Waals surface area contributed by atoms with Crippen molar-refractivity contribution in [3.05, 3.63) is 28.5 Å². The number of hydrogen-bond acceptors (Lipinski definition) is 3. The van der Waals surface area contributed by atoms with Crippen molar-refractivity contribution < 1.29 is 17.6 Å². The zero-order valence-electron chi connectivity index (χ0n) is 10.9. The van der Waals surface area contributed by atoms with Crippen LogP contribution in [0.3, 0.4) is 0 Å². The number of benzene rings is 1.